The lowest BCUT2D eigenvalue weighted by Gasteiger charge is -2.29. The van der Waals surface area contributed by atoms with Crippen molar-refractivity contribution < 1.29 is 13.2 Å². The Hall–Kier alpha value is -2.67. The Kier molecular flexibility index (Phi) is 3.80. The zero-order chi connectivity index (χ0) is 17.6. The highest BCUT2D eigenvalue weighted by Crippen LogP contribution is 2.29. The van der Waals surface area contributed by atoms with Crippen LogP contribution in [0, 0.1) is 11.6 Å². The number of benzene rings is 2. The summed E-state index contributed by atoms with van der Waals surface area (Å²) in [6.45, 7) is 0. The number of rotatable bonds is 2. The fourth-order valence-electron chi connectivity index (χ4n) is 2.79. The SMILES string of the molecule is NC1=c2ccoc2=NC(Br)N1c1ccc(-c2cccc(F)c2F)cc1. The molecule has 2 heterocycles. The molecular formula is C18H12BrF2N3O. The summed E-state index contributed by atoms with van der Waals surface area (Å²) in [6.07, 6.45) is 1.53. The highest BCUT2D eigenvalue weighted by molar-refractivity contribution is 9.09. The maximum absolute atomic E-state index is 14.0. The van der Waals surface area contributed by atoms with Gasteiger partial charge in [0.2, 0.25) is 5.55 Å². The Morgan fingerprint density at radius 2 is 1.84 bits per heavy atom. The molecular weight excluding hydrogens is 392 g/mol. The number of nitrogens with zero attached hydrogens (tertiary/aromatic N) is 2. The van der Waals surface area contributed by atoms with Crippen LogP contribution in [0.4, 0.5) is 14.5 Å². The topological polar surface area (TPSA) is 54.8 Å². The smallest absolute Gasteiger partial charge is 0.227 e. The molecule has 4 nitrogen and oxygen atoms in total. The summed E-state index contributed by atoms with van der Waals surface area (Å²) in [5, 5.41) is 0.277. The molecule has 1 atom stereocenters. The van der Waals surface area contributed by atoms with E-state index in [1.54, 1.807) is 35.2 Å². The fraction of sp³-hybridized carbons (Fsp3) is 0.0556. The molecule has 1 aromatic heterocycles. The van der Waals surface area contributed by atoms with Crippen LogP contribution in [0.3, 0.4) is 0 Å². The van der Waals surface area contributed by atoms with Crippen molar-refractivity contribution in [1.82, 2.24) is 0 Å². The van der Waals surface area contributed by atoms with E-state index in [-0.39, 0.29) is 5.56 Å². The van der Waals surface area contributed by atoms with E-state index in [2.05, 4.69) is 20.9 Å². The van der Waals surface area contributed by atoms with Crippen LogP contribution in [0.25, 0.3) is 16.9 Å². The molecule has 126 valence electrons. The molecule has 0 saturated carbocycles. The molecule has 2 aromatic carbocycles. The van der Waals surface area contributed by atoms with Crippen LogP contribution >= 0.6 is 15.9 Å². The zero-order valence-electron chi connectivity index (χ0n) is 12.8. The average Bonchev–Trinajstić information content (AvgIpc) is 3.07. The van der Waals surface area contributed by atoms with Crippen LogP contribution in [0.5, 0.6) is 0 Å². The van der Waals surface area contributed by atoms with E-state index in [0.29, 0.717) is 22.2 Å². The van der Waals surface area contributed by atoms with Gasteiger partial charge in [-0.25, -0.2) is 13.8 Å². The summed E-state index contributed by atoms with van der Waals surface area (Å²) in [7, 11) is 0. The molecule has 2 N–H and O–H groups in total. The van der Waals surface area contributed by atoms with Crippen LogP contribution in [0.2, 0.25) is 0 Å². The summed E-state index contributed by atoms with van der Waals surface area (Å²) < 4.78 is 32.7. The molecule has 0 amide bonds. The maximum Gasteiger partial charge on any atom is 0.227 e. The number of alkyl halides is 1. The minimum absolute atomic E-state index is 0.208. The number of nitrogens with two attached hydrogens (primary N) is 1. The van der Waals surface area contributed by atoms with Gasteiger partial charge in [0, 0.05) is 11.3 Å². The molecule has 0 saturated heterocycles. The third-order valence-electron chi connectivity index (χ3n) is 4.03. The van der Waals surface area contributed by atoms with Crippen molar-refractivity contribution in [3.63, 3.8) is 0 Å². The molecule has 0 spiro atoms. The molecule has 7 heteroatoms. The predicted molar refractivity (Wildman–Crippen MR) is 94.1 cm³/mol. The first-order chi connectivity index (χ1) is 12.1. The number of hydrogen-bond acceptors (Lipinski definition) is 4. The van der Waals surface area contributed by atoms with Gasteiger partial charge in [-0.1, -0.05) is 24.3 Å². The second kappa shape index (κ2) is 6.00. The van der Waals surface area contributed by atoms with Gasteiger partial charge >= 0.3 is 0 Å². The minimum atomic E-state index is -0.873. The summed E-state index contributed by atoms with van der Waals surface area (Å²) in [4.78, 5) is 6.17. The van der Waals surface area contributed by atoms with Crippen molar-refractivity contribution in [2.24, 2.45) is 10.7 Å². The van der Waals surface area contributed by atoms with Gasteiger partial charge in [0.1, 0.15) is 5.82 Å². The number of fused-ring (bicyclic) bond motifs is 1. The normalized spacial score (nSPS) is 16.5. The van der Waals surface area contributed by atoms with Gasteiger partial charge < -0.3 is 10.2 Å². The van der Waals surface area contributed by atoms with E-state index in [9.17, 15) is 8.78 Å². The summed E-state index contributed by atoms with van der Waals surface area (Å²) >= 11 is 3.46. The Bertz CT molecular complexity index is 1060. The first kappa shape index (κ1) is 15.8. The van der Waals surface area contributed by atoms with Crippen molar-refractivity contribution in [3.05, 3.63) is 77.2 Å². The third kappa shape index (κ3) is 2.60. The Morgan fingerprint density at radius 3 is 2.60 bits per heavy atom. The fourth-order valence-corrected chi connectivity index (χ4v) is 3.43. The van der Waals surface area contributed by atoms with Gasteiger partial charge in [0.05, 0.1) is 11.5 Å². The van der Waals surface area contributed by atoms with Gasteiger partial charge in [-0.2, -0.15) is 0 Å². The van der Waals surface area contributed by atoms with Crippen molar-refractivity contribution in [1.29, 1.82) is 0 Å². The molecule has 25 heavy (non-hydrogen) atoms. The Morgan fingerprint density at radius 1 is 1.08 bits per heavy atom. The second-order valence-electron chi connectivity index (χ2n) is 5.48. The van der Waals surface area contributed by atoms with E-state index >= 15 is 0 Å². The van der Waals surface area contributed by atoms with Crippen molar-refractivity contribution in [3.8, 4) is 11.1 Å². The van der Waals surface area contributed by atoms with Gasteiger partial charge in [-0.15, -0.1) is 0 Å². The van der Waals surface area contributed by atoms with Crippen molar-refractivity contribution >= 4 is 27.4 Å². The molecule has 1 unspecified atom stereocenters. The molecule has 3 aromatic rings. The minimum Gasteiger partial charge on any atom is -0.446 e. The summed E-state index contributed by atoms with van der Waals surface area (Å²) in [5.41, 5.74) is 8.24. The molecule has 0 radical (unpaired) electrons. The lowest BCUT2D eigenvalue weighted by atomic mass is 10.0. The molecule has 0 bridgehead atoms. The molecule has 4 rings (SSSR count). The highest BCUT2D eigenvalue weighted by atomic mass is 79.9. The molecule has 0 aliphatic carbocycles. The lowest BCUT2D eigenvalue weighted by molar-refractivity contribution is 0.498. The monoisotopic (exact) mass is 403 g/mol. The summed E-state index contributed by atoms with van der Waals surface area (Å²) in [6, 6.07) is 12.8. The van der Waals surface area contributed by atoms with Crippen LogP contribution in [0.15, 0.2) is 64.2 Å². The van der Waals surface area contributed by atoms with E-state index in [1.165, 1.54) is 18.4 Å². The first-order valence-corrected chi connectivity index (χ1v) is 8.36. The maximum atomic E-state index is 14.0. The largest absolute Gasteiger partial charge is 0.446 e. The standard InChI is InChI=1S/C18H12BrF2N3O/c19-18-23-17-13(8-9-25-17)16(22)24(18)11-6-4-10(5-7-11)12-2-1-3-14(20)15(12)21/h1-9,18H,22H2. The molecule has 0 fully saturated rings. The predicted octanol–water partition coefficient (Wildman–Crippen LogP) is 3.07. The number of furan rings is 1. The average molecular weight is 404 g/mol. The van der Waals surface area contributed by atoms with E-state index in [0.717, 1.165) is 11.8 Å². The zero-order valence-corrected chi connectivity index (χ0v) is 14.4. The van der Waals surface area contributed by atoms with Crippen molar-refractivity contribution in [2.75, 3.05) is 4.90 Å². The highest BCUT2D eigenvalue weighted by Gasteiger charge is 2.23. The van der Waals surface area contributed by atoms with Crippen LogP contribution in [-0.2, 0) is 0 Å². The third-order valence-corrected chi connectivity index (χ3v) is 4.64. The van der Waals surface area contributed by atoms with E-state index in [4.69, 9.17) is 10.2 Å². The van der Waals surface area contributed by atoms with Crippen molar-refractivity contribution in [2.45, 2.75) is 5.08 Å². The van der Waals surface area contributed by atoms with Crippen LogP contribution < -0.4 is 21.4 Å². The number of halogens is 3. The Labute approximate surface area is 150 Å². The van der Waals surface area contributed by atoms with Gasteiger partial charge in [0.25, 0.3) is 0 Å². The molecule has 1 aliphatic rings. The number of anilines is 1. The van der Waals surface area contributed by atoms with E-state index < -0.39 is 16.7 Å². The summed E-state index contributed by atoms with van der Waals surface area (Å²) in [5.74, 6) is -1.25. The quantitative estimate of drug-likeness (QED) is 0.528. The van der Waals surface area contributed by atoms with E-state index in [1.807, 2.05) is 0 Å². The Balaban J connectivity index is 1.75. The van der Waals surface area contributed by atoms with Crippen LogP contribution in [-0.4, -0.2) is 5.08 Å². The van der Waals surface area contributed by atoms with Gasteiger partial charge in [-0.05, 0) is 45.8 Å². The van der Waals surface area contributed by atoms with Gasteiger partial charge in [0.15, 0.2) is 16.7 Å². The van der Waals surface area contributed by atoms with Crippen LogP contribution in [0.1, 0.15) is 0 Å². The first-order valence-electron chi connectivity index (χ1n) is 7.45. The molecule has 1 aliphatic heterocycles. The lowest BCUT2D eigenvalue weighted by Crippen LogP contribution is -2.45. The number of hydrogen-bond donors (Lipinski definition) is 1. The second-order valence-corrected chi connectivity index (χ2v) is 6.30. The van der Waals surface area contributed by atoms with Gasteiger partial charge in [-0.3, -0.25) is 4.90 Å².